The van der Waals surface area contributed by atoms with Crippen molar-refractivity contribution in [2.45, 2.75) is 39.4 Å². The van der Waals surface area contributed by atoms with Crippen molar-refractivity contribution in [1.82, 2.24) is 10.2 Å². The quantitative estimate of drug-likeness (QED) is 0.666. The average molecular weight is 368 g/mol. The summed E-state index contributed by atoms with van der Waals surface area (Å²) >= 11 is 0. The molecule has 0 aliphatic heterocycles. The monoisotopic (exact) mass is 368 g/mol. The Morgan fingerprint density at radius 1 is 0.926 bits per heavy atom. The van der Waals surface area contributed by atoms with Crippen LogP contribution in [0, 0.1) is 5.92 Å². The van der Waals surface area contributed by atoms with E-state index in [9.17, 15) is 9.59 Å². The Labute approximate surface area is 161 Å². The molecule has 0 saturated heterocycles. The molecule has 2 rings (SSSR count). The molecule has 27 heavy (non-hydrogen) atoms. The zero-order chi connectivity index (χ0) is 19.6. The third kappa shape index (κ3) is 7.62. The van der Waals surface area contributed by atoms with E-state index in [4.69, 9.17) is 5.11 Å². The van der Waals surface area contributed by atoms with Crippen LogP contribution < -0.4 is 5.32 Å². The van der Waals surface area contributed by atoms with Crippen LogP contribution in [0.5, 0.6) is 0 Å². The number of nitrogens with one attached hydrogen (secondary N) is 1. The summed E-state index contributed by atoms with van der Waals surface area (Å²) in [5.74, 6) is 0.125. The van der Waals surface area contributed by atoms with Crippen molar-refractivity contribution in [1.29, 1.82) is 0 Å². The molecule has 5 heteroatoms. The molecule has 2 aromatic carbocycles. The molecule has 0 aliphatic carbocycles. The highest BCUT2D eigenvalue weighted by Gasteiger charge is 2.24. The van der Waals surface area contributed by atoms with Crippen LogP contribution in [0.2, 0.25) is 0 Å². The maximum absolute atomic E-state index is 12.8. The highest BCUT2D eigenvalue weighted by molar-refractivity contribution is 5.88. The number of Topliss-reactive ketones (excluding diaryl/α,β-unsaturated/α-hetero) is 1. The summed E-state index contributed by atoms with van der Waals surface area (Å²) in [4.78, 5) is 26.0. The number of carbonyl (C=O) groups excluding carboxylic acids is 1. The first kappa shape index (κ1) is 20.6. The minimum absolute atomic E-state index is 0.0991. The van der Waals surface area contributed by atoms with Gasteiger partial charge >= 0.3 is 6.09 Å². The third-order valence-corrected chi connectivity index (χ3v) is 4.27. The number of ketones is 1. The van der Waals surface area contributed by atoms with Gasteiger partial charge in [-0.15, -0.1) is 0 Å². The Balaban J connectivity index is 2.13. The van der Waals surface area contributed by atoms with E-state index in [1.807, 2.05) is 74.5 Å². The predicted octanol–water partition coefficient (Wildman–Crippen LogP) is 3.94. The zero-order valence-corrected chi connectivity index (χ0v) is 16.0. The molecule has 5 nitrogen and oxygen atoms in total. The van der Waals surface area contributed by atoms with Crippen molar-refractivity contribution >= 4 is 11.9 Å². The van der Waals surface area contributed by atoms with Crippen LogP contribution >= 0.6 is 0 Å². The molecule has 2 N–H and O–H groups in total. The van der Waals surface area contributed by atoms with Crippen molar-refractivity contribution in [2.75, 3.05) is 6.54 Å². The molecular formula is C22H28N2O3. The van der Waals surface area contributed by atoms with Crippen molar-refractivity contribution in [3.8, 4) is 0 Å². The minimum Gasteiger partial charge on any atom is -0.465 e. The van der Waals surface area contributed by atoms with E-state index < -0.39 is 12.1 Å². The number of nitrogens with zero attached hydrogens (tertiary/aromatic N) is 1. The van der Waals surface area contributed by atoms with Gasteiger partial charge in [-0.1, -0.05) is 74.5 Å². The van der Waals surface area contributed by atoms with Gasteiger partial charge in [-0.2, -0.15) is 0 Å². The topological polar surface area (TPSA) is 69.6 Å². The van der Waals surface area contributed by atoms with Gasteiger partial charge in [0.2, 0.25) is 0 Å². The Bertz CT molecular complexity index is 675. The smallest absolute Gasteiger partial charge is 0.405 e. The maximum atomic E-state index is 12.8. The largest absolute Gasteiger partial charge is 0.465 e. The van der Waals surface area contributed by atoms with Gasteiger partial charge in [0.25, 0.3) is 0 Å². The van der Waals surface area contributed by atoms with E-state index in [2.05, 4.69) is 10.2 Å². The first-order valence-corrected chi connectivity index (χ1v) is 9.26. The number of carbonyl (C=O) groups is 2. The molecule has 0 aliphatic rings. The molecule has 1 atom stereocenters. The molecule has 0 spiro atoms. The third-order valence-electron chi connectivity index (χ3n) is 4.27. The average Bonchev–Trinajstić information content (AvgIpc) is 2.62. The predicted molar refractivity (Wildman–Crippen MR) is 106 cm³/mol. The molecule has 0 fully saturated rings. The van der Waals surface area contributed by atoms with E-state index in [1.54, 1.807) is 0 Å². The van der Waals surface area contributed by atoms with Gasteiger partial charge in [-0.05, 0) is 23.5 Å². The van der Waals surface area contributed by atoms with Gasteiger partial charge in [-0.25, -0.2) is 4.79 Å². The Morgan fingerprint density at radius 2 is 1.41 bits per heavy atom. The van der Waals surface area contributed by atoms with Gasteiger partial charge < -0.3 is 10.4 Å². The Morgan fingerprint density at radius 3 is 1.81 bits per heavy atom. The van der Waals surface area contributed by atoms with Gasteiger partial charge in [0, 0.05) is 13.1 Å². The standard InChI is InChI=1S/C22H28N2O3/c1-17(2)13-20(23-22(26)27)21(25)16-24(14-18-9-5-3-6-10-18)15-19-11-7-4-8-12-19/h3-12,17,20,23H,13-16H2,1-2H3,(H,26,27)/t20-/m0/s1. The Kier molecular flexibility index (Phi) is 8.01. The summed E-state index contributed by atoms with van der Waals surface area (Å²) in [6.07, 6.45) is -0.665. The molecule has 1 amide bonds. The molecule has 144 valence electrons. The molecule has 0 aromatic heterocycles. The maximum Gasteiger partial charge on any atom is 0.405 e. The summed E-state index contributed by atoms with van der Waals surface area (Å²) in [5.41, 5.74) is 2.24. The number of rotatable bonds is 10. The molecule has 2 aromatic rings. The molecule has 0 heterocycles. The summed E-state index contributed by atoms with van der Waals surface area (Å²) < 4.78 is 0. The molecular weight excluding hydrogens is 340 g/mol. The van der Waals surface area contributed by atoms with Crippen LogP contribution in [0.4, 0.5) is 4.79 Å². The first-order chi connectivity index (χ1) is 12.9. The highest BCUT2D eigenvalue weighted by atomic mass is 16.4. The van der Waals surface area contributed by atoms with Crippen LogP contribution in [0.25, 0.3) is 0 Å². The van der Waals surface area contributed by atoms with E-state index >= 15 is 0 Å². The number of amides is 1. The van der Waals surface area contributed by atoms with E-state index in [-0.39, 0.29) is 18.2 Å². The van der Waals surface area contributed by atoms with Crippen molar-refractivity contribution in [3.63, 3.8) is 0 Å². The fraction of sp³-hybridized carbons (Fsp3) is 0.364. The zero-order valence-electron chi connectivity index (χ0n) is 16.0. The van der Waals surface area contributed by atoms with Gasteiger partial charge in [-0.3, -0.25) is 9.69 Å². The summed E-state index contributed by atoms with van der Waals surface area (Å²) in [6.45, 7) is 5.42. The summed E-state index contributed by atoms with van der Waals surface area (Å²) in [7, 11) is 0. The fourth-order valence-electron chi connectivity index (χ4n) is 3.07. The highest BCUT2D eigenvalue weighted by Crippen LogP contribution is 2.12. The van der Waals surface area contributed by atoms with Crippen LogP contribution in [-0.2, 0) is 17.9 Å². The van der Waals surface area contributed by atoms with Gasteiger partial charge in [0.05, 0.1) is 12.6 Å². The van der Waals surface area contributed by atoms with Crippen LogP contribution in [0.1, 0.15) is 31.4 Å². The fourth-order valence-corrected chi connectivity index (χ4v) is 3.07. The van der Waals surface area contributed by atoms with Crippen LogP contribution in [-0.4, -0.2) is 34.5 Å². The van der Waals surface area contributed by atoms with E-state index in [0.717, 1.165) is 11.1 Å². The molecule has 0 radical (unpaired) electrons. The minimum atomic E-state index is -1.16. The second kappa shape index (κ2) is 10.5. The lowest BCUT2D eigenvalue weighted by Crippen LogP contribution is -2.45. The first-order valence-electron chi connectivity index (χ1n) is 9.26. The number of hydrogen-bond acceptors (Lipinski definition) is 3. The lowest BCUT2D eigenvalue weighted by molar-refractivity contribution is -0.122. The van der Waals surface area contributed by atoms with Crippen molar-refractivity contribution in [3.05, 3.63) is 71.8 Å². The summed E-state index contributed by atoms with van der Waals surface area (Å²) in [5, 5.41) is 11.5. The molecule has 0 unspecified atom stereocenters. The lowest BCUT2D eigenvalue weighted by Gasteiger charge is -2.25. The molecule has 0 saturated carbocycles. The van der Waals surface area contributed by atoms with Crippen molar-refractivity contribution < 1.29 is 14.7 Å². The van der Waals surface area contributed by atoms with Crippen molar-refractivity contribution in [2.24, 2.45) is 5.92 Å². The number of carboxylic acid groups (broad SMARTS) is 1. The van der Waals surface area contributed by atoms with Gasteiger partial charge in [0.1, 0.15) is 0 Å². The lowest BCUT2D eigenvalue weighted by atomic mass is 9.99. The van der Waals surface area contributed by atoms with E-state index in [0.29, 0.717) is 19.5 Å². The molecule has 0 bridgehead atoms. The van der Waals surface area contributed by atoms with Gasteiger partial charge in [0.15, 0.2) is 5.78 Å². The summed E-state index contributed by atoms with van der Waals surface area (Å²) in [6, 6.07) is 19.3. The normalized spacial score (nSPS) is 12.1. The van der Waals surface area contributed by atoms with Crippen LogP contribution in [0.15, 0.2) is 60.7 Å². The van der Waals surface area contributed by atoms with E-state index in [1.165, 1.54) is 0 Å². The van der Waals surface area contributed by atoms with Crippen LogP contribution in [0.3, 0.4) is 0 Å². The second-order valence-electron chi connectivity index (χ2n) is 7.21. The Hall–Kier alpha value is -2.66. The number of benzene rings is 2. The number of hydrogen-bond donors (Lipinski definition) is 2. The SMILES string of the molecule is CC(C)C[C@H](NC(=O)O)C(=O)CN(Cc1ccccc1)Cc1ccccc1. The second-order valence-corrected chi connectivity index (χ2v) is 7.21.